The second-order valence-electron chi connectivity index (χ2n) is 3.69. The van der Waals surface area contributed by atoms with Crippen molar-refractivity contribution in [2.45, 2.75) is 12.5 Å². The fourth-order valence-corrected chi connectivity index (χ4v) is 1.67. The van der Waals surface area contributed by atoms with E-state index in [-0.39, 0.29) is 0 Å². The summed E-state index contributed by atoms with van der Waals surface area (Å²) in [5, 5.41) is 6.84. The van der Waals surface area contributed by atoms with Gasteiger partial charge in [-0.3, -0.25) is 0 Å². The number of hydrogen-bond donors (Lipinski definition) is 2. The number of hydrogen-bond acceptors (Lipinski definition) is 3. The van der Waals surface area contributed by atoms with Gasteiger partial charge in [0.15, 0.2) is 0 Å². The Morgan fingerprint density at radius 3 is 3.23 bits per heavy atom. The number of likely N-dealkylation sites (N-methyl/N-ethyl adjacent to an activating group) is 1. The van der Waals surface area contributed by atoms with Crippen LogP contribution in [0.5, 0.6) is 0 Å². The molecule has 0 spiro atoms. The van der Waals surface area contributed by atoms with Gasteiger partial charge in [-0.25, -0.2) is 0 Å². The second-order valence-corrected chi connectivity index (χ2v) is 3.69. The normalized spacial score (nSPS) is 24.5. The molecule has 0 aromatic rings. The van der Waals surface area contributed by atoms with Gasteiger partial charge in [0.25, 0.3) is 0 Å². The molecule has 0 aromatic heterocycles. The lowest BCUT2D eigenvalue weighted by atomic mass is 10.1. The van der Waals surface area contributed by atoms with Crippen LogP contribution in [0.25, 0.3) is 0 Å². The average molecular weight is 183 g/mol. The van der Waals surface area contributed by atoms with Gasteiger partial charge in [0.05, 0.1) is 0 Å². The third-order valence-electron chi connectivity index (χ3n) is 2.42. The molecule has 0 bridgehead atoms. The van der Waals surface area contributed by atoms with Crippen molar-refractivity contribution in [3.05, 3.63) is 12.7 Å². The highest BCUT2D eigenvalue weighted by atomic mass is 15.2. The summed E-state index contributed by atoms with van der Waals surface area (Å²) in [6, 6.07) is 0.663. The van der Waals surface area contributed by atoms with Crippen molar-refractivity contribution in [2.75, 3.05) is 39.8 Å². The van der Waals surface area contributed by atoms with Gasteiger partial charge in [-0.2, -0.15) is 0 Å². The fraction of sp³-hybridized carbons (Fsp3) is 0.800. The fourth-order valence-electron chi connectivity index (χ4n) is 1.67. The predicted molar refractivity (Wildman–Crippen MR) is 57.0 cm³/mol. The standard InChI is InChI=1S/C10H21N3/c1-3-5-11-6-4-10-9-13(2)8-7-12-10/h3,10-12H,1,4-9H2,2H3. The highest BCUT2D eigenvalue weighted by Gasteiger charge is 2.14. The summed E-state index contributed by atoms with van der Waals surface area (Å²) in [6.45, 7) is 9.15. The van der Waals surface area contributed by atoms with Crippen LogP contribution in [0.4, 0.5) is 0 Å². The van der Waals surface area contributed by atoms with Crippen LogP contribution in [0, 0.1) is 0 Å². The average Bonchev–Trinajstić information content (AvgIpc) is 2.13. The Kier molecular flexibility index (Phi) is 5.05. The van der Waals surface area contributed by atoms with Gasteiger partial charge in [0.2, 0.25) is 0 Å². The van der Waals surface area contributed by atoms with Gasteiger partial charge in [0, 0.05) is 32.2 Å². The van der Waals surface area contributed by atoms with Crippen molar-refractivity contribution in [3.63, 3.8) is 0 Å². The van der Waals surface area contributed by atoms with Gasteiger partial charge >= 0.3 is 0 Å². The molecule has 1 saturated heterocycles. The summed E-state index contributed by atoms with van der Waals surface area (Å²) in [4.78, 5) is 2.38. The van der Waals surface area contributed by atoms with Crippen LogP contribution in [0.2, 0.25) is 0 Å². The van der Waals surface area contributed by atoms with Gasteiger partial charge in [-0.15, -0.1) is 6.58 Å². The Labute approximate surface area is 81.2 Å². The van der Waals surface area contributed by atoms with E-state index in [9.17, 15) is 0 Å². The smallest absolute Gasteiger partial charge is 0.0207 e. The van der Waals surface area contributed by atoms with Crippen LogP contribution in [0.1, 0.15) is 6.42 Å². The van der Waals surface area contributed by atoms with Crippen molar-refractivity contribution in [3.8, 4) is 0 Å². The Balaban J connectivity index is 2.03. The first-order chi connectivity index (χ1) is 6.33. The minimum absolute atomic E-state index is 0.663. The molecule has 0 radical (unpaired) electrons. The van der Waals surface area contributed by atoms with E-state index in [0.717, 1.165) is 19.6 Å². The summed E-state index contributed by atoms with van der Waals surface area (Å²) >= 11 is 0. The van der Waals surface area contributed by atoms with Crippen LogP contribution >= 0.6 is 0 Å². The Hall–Kier alpha value is -0.380. The number of nitrogens with zero attached hydrogens (tertiary/aromatic N) is 1. The molecule has 1 aliphatic rings. The van der Waals surface area contributed by atoms with Gasteiger partial charge < -0.3 is 15.5 Å². The van der Waals surface area contributed by atoms with E-state index in [4.69, 9.17) is 0 Å². The topological polar surface area (TPSA) is 27.3 Å². The molecule has 1 unspecified atom stereocenters. The molecule has 1 heterocycles. The largest absolute Gasteiger partial charge is 0.313 e. The van der Waals surface area contributed by atoms with E-state index in [2.05, 4.69) is 29.2 Å². The lowest BCUT2D eigenvalue weighted by Gasteiger charge is -2.30. The van der Waals surface area contributed by atoms with Crippen molar-refractivity contribution in [1.82, 2.24) is 15.5 Å². The summed E-state index contributed by atoms with van der Waals surface area (Å²) in [6.07, 6.45) is 3.11. The molecule has 3 heteroatoms. The van der Waals surface area contributed by atoms with Crippen molar-refractivity contribution >= 4 is 0 Å². The van der Waals surface area contributed by atoms with Crippen molar-refractivity contribution in [2.24, 2.45) is 0 Å². The maximum atomic E-state index is 3.67. The summed E-state index contributed by atoms with van der Waals surface area (Å²) in [5.74, 6) is 0. The van der Waals surface area contributed by atoms with Crippen LogP contribution in [-0.4, -0.2) is 50.7 Å². The quantitative estimate of drug-likeness (QED) is 0.466. The zero-order valence-corrected chi connectivity index (χ0v) is 8.55. The highest BCUT2D eigenvalue weighted by Crippen LogP contribution is 1.98. The van der Waals surface area contributed by atoms with Crippen molar-refractivity contribution < 1.29 is 0 Å². The maximum absolute atomic E-state index is 3.67. The minimum Gasteiger partial charge on any atom is -0.313 e. The zero-order valence-electron chi connectivity index (χ0n) is 8.55. The molecule has 0 amide bonds. The van der Waals surface area contributed by atoms with E-state index in [1.54, 1.807) is 0 Å². The Morgan fingerprint density at radius 1 is 1.69 bits per heavy atom. The molecule has 0 aliphatic carbocycles. The molecule has 1 atom stereocenters. The number of nitrogens with one attached hydrogen (secondary N) is 2. The van der Waals surface area contributed by atoms with Crippen LogP contribution in [0.15, 0.2) is 12.7 Å². The molecular weight excluding hydrogens is 162 g/mol. The van der Waals surface area contributed by atoms with Crippen LogP contribution in [-0.2, 0) is 0 Å². The number of rotatable bonds is 5. The van der Waals surface area contributed by atoms with Gasteiger partial charge in [-0.05, 0) is 20.0 Å². The molecule has 0 aromatic carbocycles. The molecular formula is C10H21N3. The Morgan fingerprint density at radius 2 is 2.54 bits per heavy atom. The van der Waals surface area contributed by atoms with E-state index in [1.165, 1.54) is 19.5 Å². The SMILES string of the molecule is C=CCNCCC1CN(C)CCN1. The van der Waals surface area contributed by atoms with E-state index < -0.39 is 0 Å². The van der Waals surface area contributed by atoms with Gasteiger partial charge in [-0.1, -0.05) is 6.08 Å². The molecule has 2 N–H and O–H groups in total. The predicted octanol–water partition coefficient (Wildman–Crippen LogP) is 0.0557. The highest BCUT2D eigenvalue weighted by molar-refractivity contribution is 4.78. The third kappa shape index (κ3) is 4.41. The zero-order chi connectivity index (χ0) is 9.52. The summed E-state index contributed by atoms with van der Waals surface area (Å²) in [5.41, 5.74) is 0. The molecule has 1 rings (SSSR count). The molecule has 0 saturated carbocycles. The third-order valence-corrected chi connectivity index (χ3v) is 2.42. The first-order valence-electron chi connectivity index (χ1n) is 5.06. The molecule has 3 nitrogen and oxygen atoms in total. The van der Waals surface area contributed by atoms with Crippen molar-refractivity contribution in [1.29, 1.82) is 0 Å². The molecule has 13 heavy (non-hydrogen) atoms. The van der Waals surface area contributed by atoms with E-state index >= 15 is 0 Å². The van der Waals surface area contributed by atoms with Gasteiger partial charge in [0.1, 0.15) is 0 Å². The second kappa shape index (κ2) is 6.13. The Bertz CT molecular complexity index is 147. The maximum Gasteiger partial charge on any atom is 0.0207 e. The first kappa shape index (κ1) is 10.7. The summed E-state index contributed by atoms with van der Waals surface area (Å²) in [7, 11) is 2.19. The lowest BCUT2D eigenvalue weighted by Crippen LogP contribution is -2.49. The lowest BCUT2D eigenvalue weighted by molar-refractivity contribution is 0.231. The summed E-state index contributed by atoms with van der Waals surface area (Å²) < 4.78 is 0. The minimum atomic E-state index is 0.663. The number of piperazine rings is 1. The van der Waals surface area contributed by atoms with Crippen LogP contribution in [0.3, 0.4) is 0 Å². The monoisotopic (exact) mass is 183 g/mol. The molecule has 1 fully saturated rings. The van der Waals surface area contributed by atoms with Crippen LogP contribution < -0.4 is 10.6 Å². The first-order valence-corrected chi connectivity index (χ1v) is 5.06. The molecule has 76 valence electrons. The van der Waals surface area contributed by atoms with E-state index in [0.29, 0.717) is 6.04 Å². The van der Waals surface area contributed by atoms with E-state index in [1.807, 2.05) is 6.08 Å². The molecule has 1 aliphatic heterocycles.